The van der Waals surface area contributed by atoms with E-state index < -0.39 is 17.6 Å². The van der Waals surface area contributed by atoms with Crippen LogP contribution in [0.1, 0.15) is 29.0 Å². The molecule has 0 aliphatic carbocycles. The number of likely N-dealkylation sites (tertiary alicyclic amines) is 1. The Kier molecular flexibility index (Phi) is 9.01. The van der Waals surface area contributed by atoms with Crippen LogP contribution in [0.25, 0.3) is 0 Å². The zero-order chi connectivity index (χ0) is 26.7. The Balaban J connectivity index is 1.50. The third-order valence-corrected chi connectivity index (χ3v) is 7.84. The second-order valence-electron chi connectivity index (χ2n) is 9.58. The number of benzene rings is 2. The number of hydrogen-bond donors (Lipinski definition) is 0. The molecule has 2 aromatic rings. The molecule has 4 rings (SSSR count). The van der Waals surface area contributed by atoms with Crippen LogP contribution >= 0.6 is 23.2 Å². The molecule has 2 aromatic carbocycles. The summed E-state index contributed by atoms with van der Waals surface area (Å²) in [4.78, 5) is 19.1. The number of hydrogen-bond acceptors (Lipinski definition) is 4. The highest BCUT2D eigenvalue weighted by molar-refractivity contribution is 6.42. The molecule has 0 saturated carbocycles. The second kappa shape index (κ2) is 11.9. The van der Waals surface area contributed by atoms with E-state index in [9.17, 15) is 22.4 Å². The Hall–Kier alpha value is -1.91. The number of nitrogens with zero attached hydrogens (tertiary/aromatic N) is 3. The molecule has 1 amide bonds. The highest BCUT2D eigenvalue weighted by Gasteiger charge is 2.39. The number of morpholine rings is 1. The van der Waals surface area contributed by atoms with Crippen molar-refractivity contribution < 1.29 is 27.1 Å². The summed E-state index contributed by atoms with van der Waals surface area (Å²) in [5.74, 6) is -1.37. The first kappa shape index (κ1) is 28.1. The summed E-state index contributed by atoms with van der Waals surface area (Å²) < 4.78 is 58.5. The molecule has 2 aliphatic heterocycles. The summed E-state index contributed by atoms with van der Waals surface area (Å²) >= 11 is 12.4. The van der Waals surface area contributed by atoms with Gasteiger partial charge in [-0.1, -0.05) is 35.3 Å². The van der Waals surface area contributed by atoms with Crippen molar-refractivity contribution >= 4 is 29.1 Å². The number of carbonyl (C=O) groups is 1. The van der Waals surface area contributed by atoms with Crippen molar-refractivity contribution in [2.75, 3.05) is 53.0 Å². The number of alkyl halides is 3. The third kappa shape index (κ3) is 6.95. The van der Waals surface area contributed by atoms with E-state index in [1.165, 1.54) is 6.07 Å². The summed E-state index contributed by atoms with van der Waals surface area (Å²) in [5.41, 5.74) is 0.0387. The maximum Gasteiger partial charge on any atom is 0.419 e. The smallest absolute Gasteiger partial charge is 0.379 e. The van der Waals surface area contributed by atoms with E-state index in [4.69, 9.17) is 27.9 Å². The number of likely N-dealkylation sites (N-methyl/N-ethyl adjacent to an activating group) is 1. The van der Waals surface area contributed by atoms with Gasteiger partial charge < -0.3 is 9.64 Å². The fourth-order valence-corrected chi connectivity index (χ4v) is 5.34. The summed E-state index contributed by atoms with van der Waals surface area (Å²) in [6.45, 7) is 4.70. The van der Waals surface area contributed by atoms with Gasteiger partial charge in [-0.15, -0.1) is 0 Å². The van der Waals surface area contributed by atoms with Gasteiger partial charge in [0.15, 0.2) is 0 Å². The molecular weight excluding hydrogens is 533 g/mol. The monoisotopic (exact) mass is 561 g/mol. The van der Waals surface area contributed by atoms with Gasteiger partial charge in [-0.05, 0) is 42.4 Å². The largest absolute Gasteiger partial charge is 0.419 e. The minimum absolute atomic E-state index is 0.0352. The summed E-state index contributed by atoms with van der Waals surface area (Å²) in [5, 5.41) is 0.828. The standard InChI is InChI=1S/C26H29Cl2F4N3O2/c1-33(14-17-2-4-20(23(29)12-17)26(30,31)32)24-16-35(25(36)6-7-34-8-10-37-11-9-34)15-19(24)18-3-5-21(27)22(28)13-18/h2-5,12-13,19,24H,6-11,14-16H2,1H3/t19-,24+/m1/s1. The summed E-state index contributed by atoms with van der Waals surface area (Å²) in [6, 6.07) is 8.20. The molecule has 0 N–H and O–H groups in total. The minimum atomic E-state index is -4.75. The molecule has 0 spiro atoms. The second-order valence-corrected chi connectivity index (χ2v) is 10.4. The van der Waals surface area contributed by atoms with Gasteiger partial charge in [0, 0.05) is 57.6 Å². The predicted octanol–water partition coefficient (Wildman–Crippen LogP) is 5.30. The van der Waals surface area contributed by atoms with Crippen molar-refractivity contribution in [3.05, 3.63) is 69.0 Å². The van der Waals surface area contributed by atoms with Crippen molar-refractivity contribution in [1.29, 1.82) is 0 Å². The van der Waals surface area contributed by atoms with Crippen LogP contribution in [0.4, 0.5) is 17.6 Å². The minimum Gasteiger partial charge on any atom is -0.379 e. The third-order valence-electron chi connectivity index (χ3n) is 7.10. The van der Waals surface area contributed by atoms with Crippen LogP contribution in [-0.4, -0.2) is 79.6 Å². The molecular formula is C26H29Cl2F4N3O2. The van der Waals surface area contributed by atoms with Crippen LogP contribution in [0.3, 0.4) is 0 Å². The predicted molar refractivity (Wildman–Crippen MR) is 134 cm³/mol. The van der Waals surface area contributed by atoms with E-state index in [1.54, 1.807) is 12.1 Å². The highest BCUT2D eigenvalue weighted by atomic mass is 35.5. The lowest BCUT2D eigenvalue weighted by Gasteiger charge is -2.29. The molecule has 0 radical (unpaired) electrons. The van der Waals surface area contributed by atoms with E-state index in [0.29, 0.717) is 54.9 Å². The quantitative estimate of drug-likeness (QED) is 0.430. The maximum absolute atomic E-state index is 14.2. The Morgan fingerprint density at radius 1 is 1.08 bits per heavy atom. The molecule has 2 atom stereocenters. The van der Waals surface area contributed by atoms with Crippen molar-refractivity contribution in [1.82, 2.24) is 14.7 Å². The molecule has 202 valence electrons. The van der Waals surface area contributed by atoms with Crippen molar-refractivity contribution in [3.8, 4) is 0 Å². The Bertz CT molecular complexity index is 1110. The van der Waals surface area contributed by atoms with Crippen LogP contribution in [0, 0.1) is 5.82 Å². The summed E-state index contributed by atoms with van der Waals surface area (Å²) in [6.07, 6.45) is -4.37. The zero-order valence-electron chi connectivity index (χ0n) is 20.4. The molecule has 0 bridgehead atoms. The van der Waals surface area contributed by atoms with E-state index in [0.717, 1.165) is 30.8 Å². The van der Waals surface area contributed by atoms with E-state index in [-0.39, 0.29) is 24.4 Å². The number of halogens is 6. The molecule has 2 fully saturated rings. The molecule has 2 aliphatic rings. The van der Waals surface area contributed by atoms with Gasteiger partial charge in [0.05, 0.1) is 28.8 Å². The first-order valence-corrected chi connectivity index (χ1v) is 12.9. The van der Waals surface area contributed by atoms with Crippen LogP contribution in [0.5, 0.6) is 0 Å². The first-order valence-electron chi connectivity index (χ1n) is 12.1. The van der Waals surface area contributed by atoms with Crippen LogP contribution in [0.2, 0.25) is 10.0 Å². The Labute approximate surface area is 223 Å². The zero-order valence-corrected chi connectivity index (χ0v) is 21.9. The van der Waals surface area contributed by atoms with Gasteiger partial charge >= 0.3 is 6.18 Å². The Morgan fingerprint density at radius 3 is 2.46 bits per heavy atom. The Morgan fingerprint density at radius 2 is 1.81 bits per heavy atom. The van der Waals surface area contributed by atoms with Crippen LogP contribution in [-0.2, 0) is 22.3 Å². The SMILES string of the molecule is CN(Cc1ccc(C(F)(F)F)c(F)c1)[C@H]1CN(C(=O)CCN2CCOCC2)C[C@@H]1c1ccc(Cl)c(Cl)c1. The molecule has 37 heavy (non-hydrogen) atoms. The lowest BCUT2D eigenvalue weighted by atomic mass is 9.93. The fourth-order valence-electron chi connectivity index (χ4n) is 5.04. The summed E-state index contributed by atoms with van der Waals surface area (Å²) in [7, 11) is 1.83. The average Bonchev–Trinajstić information content (AvgIpc) is 3.30. The molecule has 11 heteroatoms. The van der Waals surface area contributed by atoms with Crippen molar-refractivity contribution in [2.45, 2.75) is 31.1 Å². The van der Waals surface area contributed by atoms with E-state index >= 15 is 0 Å². The number of rotatable bonds is 7. The van der Waals surface area contributed by atoms with Gasteiger partial charge in [-0.2, -0.15) is 13.2 Å². The van der Waals surface area contributed by atoms with Gasteiger partial charge in [0.1, 0.15) is 5.82 Å². The topological polar surface area (TPSA) is 36.0 Å². The number of amides is 1. The van der Waals surface area contributed by atoms with Gasteiger partial charge in [0.25, 0.3) is 0 Å². The fraction of sp³-hybridized carbons (Fsp3) is 0.500. The molecule has 2 saturated heterocycles. The normalized spacial score (nSPS) is 21.1. The van der Waals surface area contributed by atoms with Crippen LogP contribution < -0.4 is 0 Å². The molecule has 2 heterocycles. The first-order chi connectivity index (χ1) is 17.5. The number of carbonyl (C=O) groups excluding carboxylic acids is 1. The van der Waals surface area contributed by atoms with E-state index in [2.05, 4.69) is 4.90 Å². The van der Waals surface area contributed by atoms with Gasteiger partial charge in [-0.3, -0.25) is 14.6 Å². The lowest BCUT2D eigenvalue weighted by Crippen LogP contribution is -2.40. The van der Waals surface area contributed by atoms with Crippen molar-refractivity contribution in [2.24, 2.45) is 0 Å². The maximum atomic E-state index is 14.2. The molecule has 0 aromatic heterocycles. The lowest BCUT2D eigenvalue weighted by molar-refractivity contribution is -0.140. The van der Waals surface area contributed by atoms with E-state index in [1.807, 2.05) is 22.9 Å². The van der Waals surface area contributed by atoms with Gasteiger partial charge in [-0.25, -0.2) is 4.39 Å². The molecule has 0 unspecified atom stereocenters. The highest BCUT2D eigenvalue weighted by Crippen LogP contribution is 2.36. The van der Waals surface area contributed by atoms with Crippen LogP contribution in [0.15, 0.2) is 36.4 Å². The average molecular weight is 562 g/mol. The van der Waals surface area contributed by atoms with Crippen molar-refractivity contribution in [3.63, 3.8) is 0 Å². The molecule has 5 nitrogen and oxygen atoms in total. The van der Waals surface area contributed by atoms with Gasteiger partial charge in [0.2, 0.25) is 5.91 Å². The number of ether oxygens (including phenoxy) is 1.